The number of ketones is 1. The molecule has 13 heteroatoms. The van der Waals surface area contributed by atoms with Crippen molar-refractivity contribution in [2.75, 3.05) is 20.4 Å². The third-order valence-corrected chi connectivity index (χ3v) is 5.84. The number of carbonyl (C=O) groups is 5. The molecular weight excluding hydrogens is 487 g/mol. The molecule has 36 heavy (non-hydrogen) atoms. The minimum Gasteiger partial charge on any atom is -0.454 e. The summed E-state index contributed by atoms with van der Waals surface area (Å²) in [4.78, 5) is 61.5. The topological polar surface area (TPSA) is 131 Å². The van der Waals surface area contributed by atoms with E-state index in [0.717, 1.165) is 7.05 Å². The van der Waals surface area contributed by atoms with E-state index in [2.05, 4.69) is 5.32 Å². The summed E-state index contributed by atoms with van der Waals surface area (Å²) < 4.78 is 50.5. The Kier molecular flexibility index (Phi) is 8.00. The number of carbonyl (C=O) groups excluding carboxylic acids is 5. The summed E-state index contributed by atoms with van der Waals surface area (Å²) in [7, 11) is 1.13. The highest BCUT2D eigenvalue weighted by molar-refractivity contribution is 6.15. The molecule has 10 nitrogen and oxygen atoms in total. The van der Waals surface area contributed by atoms with Crippen LogP contribution >= 0.6 is 0 Å². The van der Waals surface area contributed by atoms with Gasteiger partial charge in [0, 0.05) is 32.5 Å². The fraction of sp³-hybridized carbons (Fsp3) is 0.435. The highest BCUT2D eigenvalue weighted by atomic mass is 19.4. The molecule has 4 amide bonds. The fourth-order valence-electron chi connectivity index (χ4n) is 3.62. The molecule has 2 aliphatic heterocycles. The maximum Gasteiger partial charge on any atom is 0.393 e. The number of likely N-dealkylation sites (tertiary alicyclic amines) is 1. The predicted octanol–water partition coefficient (Wildman–Crippen LogP) is 1.19. The lowest BCUT2D eigenvalue weighted by atomic mass is 9.88. The smallest absolute Gasteiger partial charge is 0.393 e. The SMILES string of the molecule is CC(C(NC(=O)CCNC(=O)/C=C/c1ccc2c(c1)OCO2)C(=O)C1CC(=O)N(C)C1=O)C(F)(F)F. The van der Waals surface area contributed by atoms with Crippen molar-refractivity contribution in [3.8, 4) is 11.5 Å². The Bertz CT molecular complexity index is 1100. The molecule has 194 valence electrons. The molecule has 0 bridgehead atoms. The van der Waals surface area contributed by atoms with E-state index in [1.807, 2.05) is 5.32 Å². The van der Waals surface area contributed by atoms with Gasteiger partial charge in [-0.1, -0.05) is 13.0 Å². The molecule has 0 spiro atoms. The maximum absolute atomic E-state index is 13.4. The number of ether oxygens (including phenoxy) is 2. The lowest BCUT2D eigenvalue weighted by Crippen LogP contribution is -2.52. The lowest BCUT2D eigenvalue weighted by Gasteiger charge is -2.27. The third-order valence-electron chi connectivity index (χ3n) is 5.84. The van der Waals surface area contributed by atoms with E-state index in [4.69, 9.17) is 9.47 Å². The summed E-state index contributed by atoms with van der Waals surface area (Å²) in [6.45, 7) is 0.586. The van der Waals surface area contributed by atoms with Crippen LogP contribution in [0.2, 0.25) is 0 Å². The van der Waals surface area contributed by atoms with E-state index in [9.17, 15) is 37.1 Å². The number of amides is 4. The number of rotatable bonds is 9. The van der Waals surface area contributed by atoms with E-state index < -0.39 is 66.3 Å². The molecule has 0 aliphatic carbocycles. The molecular formula is C23H24F3N3O7. The van der Waals surface area contributed by atoms with Gasteiger partial charge in [0.1, 0.15) is 5.92 Å². The van der Waals surface area contributed by atoms with Crippen molar-refractivity contribution in [2.45, 2.75) is 32.0 Å². The molecule has 3 unspecified atom stereocenters. The molecule has 1 fully saturated rings. The molecule has 3 atom stereocenters. The van der Waals surface area contributed by atoms with Crippen molar-refractivity contribution in [2.24, 2.45) is 11.8 Å². The second-order valence-corrected chi connectivity index (χ2v) is 8.31. The first kappa shape index (κ1) is 26.7. The van der Waals surface area contributed by atoms with Gasteiger partial charge in [0.15, 0.2) is 17.3 Å². The molecule has 3 rings (SSSR count). The minimum absolute atomic E-state index is 0.103. The van der Waals surface area contributed by atoms with Crippen LogP contribution in [0.4, 0.5) is 13.2 Å². The molecule has 0 saturated carbocycles. The first-order valence-electron chi connectivity index (χ1n) is 10.9. The molecule has 2 N–H and O–H groups in total. The molecule has 1 aromatic carbocycles. The van der Waals surface area contributed by atoms with E-state index in [-0.39, 0.29) is 13.3 Å². The van der Waals surface area contributed by atoms with E-state index in [1.165, 1.54) is 12.2 Å². The number of hydrogen-bond acceptors (Lipinski definition) is 7. The normalized spacial score (nSPS) is 18.9. The summed E-state index contributed by atoms with van der Waals surface area (Å²) in [6, 6.07) is 2.98. The van der Waals surface area contributed by atoms with Crippen LogP contribution in [0.3, 0.4) is 0 Å². The number of alkyl halides is 3. The zero-order valence-corrected chi connectivity index (χ0v) is 19.4. The van der Waals surface area contributed by atoms with Crippen molar-refractivity contribution in [1.29, 1.82) is 0 Å². The van der Waals surface area contributed by atoms with Crippen LogP contribution in [-0.4, -0.2) is 66.9 Å². The van der Waals surface area contributed by atoms with Gasteiger partial charge in [-0.2, -0.15) is 13.2 Å². The van der Waals surface area contributed by atoms with Crippen LogP contribution in [0.5, 0.6) is 11.5 Å². The minimum atomic E-state index is -4.85. The van der Waals surface area contributed by atoms with Gasteiger partial charge in [-0.15, -0.1) is 0 Å². The second-order valence-electron chi connectivity index (χ2n) is 8.31. The van der Waals surface area contributed by atoms with Gasteiger partial charge in [0.25, 0.3) is 0 Å². The molecule has 0 radical (unpaired) electrons. The zero-order valence-electron chi connectivity index (χ0n) is 19.4. The highest BCUT2D eigenvalue weighted by Crippen LogP contribution is 2.33. The maximum atomic E-state index is 13.4. The average Bonchev–Trinajstić information content (AvgIpc) is 3.39. The van der Waals surface area contributed by atoms with Crippen LogP contribution in [-0.2, 0) is 24.0 Å². The number of hydrogen-bond donors (Lipinski definition) is 2. The van der Waals surface area contributed by atoms with Gasteiger partial charge in [-0.3, -0.25) is 28.9 Å². The number of nitrogens with one attached hydrogen (secondary N) is 2. The number of imide groups is 1. The van der Waals surface area contributed by atoms with Crippen molar-refractivity contribution >= 4 is 35.5 Å². The van der Waals surface area contributed by atoms with E-state index in [1.54, 1.807) is 18.2 Å². The predicted molar refractivity (Wildman–Crippen MR) is 117 cm³/mol. The van der Waals surface area contributed by atoms with Gasteiger partial charge in [0.2, 0.25) is 30.4 Å². The summed E-state index contributed by atoms with van der Waals surface area (Å²) in [5.41, 5.74) is 0.653. The fourth-order valence-corrected chi connectivity index (χ4v) is 3.62. The van der Waals surface area contributed by atoms with Gasteiger partial charge >= 0.3 is 6.18 Å². The largest absolute Gasteiger partial charge is 0.454 e. The summed E-state index contributed by atoms with van der Waals surface area (Å²) >= 11 is 0. The quantitative estimate of drug-likeness (QED) is 0.289. The van der Waals surface area contributed by atoms with Crippen LogP contribution in [0.15, 0.2) is 24.3 Å². The Morgan fingerprint density at radius 1 is 1.19 bits per heavy atom. The number of nitrogens with zero attached hydrogens (tertiary/aromatic N) is 1. The van der Waals surface area contributed by atoms with Crippen LogP contribution in [0, 0.1) is 11.8 Å². The summed E-state index contributed by atoms with van der Waals surface area (Å²) in [6.07, 6.45) is -3.13. The zero-order chi connectivity index (χ0) is 26.6. The molecule has 1 aromatic rings. The Morgan fingerprint density at radius 2 is 1.89 bits per heavy atom. The molecule has 1 saturated heterocycles. The van der Waals surface area contributed by atoms with Crippen LogP contribution < -0.4 is 20.1 Å². The summed E-state index contributed by atoms with van der Waals surface area (Å²) in [5, 5.41) is 4.44. The van der Waals surface area contributed by atoms with Gasteiger partial charge in [-0.05, 0) is 23.8 Å². The average molecular weight is 511 g/mol. The highest BCUT2D eigenvalue weighted by Gasteiger charge is 2.50. The van der Waals surface area contributed by atoms with Gasteiger partial charge in [-0.25, -0.2) is 0 Å². The number of Topliss-reactive ketones (excluding diaryl/α,β-unsaturated/α-hetero) is 1. The van der Waals surface area contributed by atoms with Crippen molar-refractivity contribution in [3.63, 3.8) is 0 Å². The van der Waals surface area contributed by atoms with Crippen molar-refractivity contribution in [1.82, 2.24) is 15.5 Å². The summed E-state index contributed by atoms with van der Waals surface area (Å²) in [5.74, 6) is -7.09. The second kappa shape index (κ2) is 10.8. The first-order chi connectivity index (χ1) is 16.9. The van der Waals surface area contributed by atoms with Crippen LogP contribution in [0.25, 0.3) is 6.08 Å². The number of fused-ring (bicyclic) bond motifs is 1. The Morgan fingerprint density at radius 3 is 2.53 bits per heavy atom. The van der Waals surface area contributed by atoms with E-state index >= 15 is 0 Å². The van der Waals surface area contributed by atoms with Gasteiger partial charge < -0.3 is 20.1 Å². The standard InChI is InChI=1S/C23H24F3N3O7/c1-12(23(24,25)26)20(21(33)14-10-19(32)29(2)22(14)34)28-18(31)7-8-27-17(30)6-4-13-3-5-15-16(9-13)36-11-35-15/h3-6,9,12,14,20H,7-8,10-11H2,1-2H3,(H,27,30)(H,28,31)/b6-4+. The molecule has 0 aromatic heterocycles. The molecule has 2 aliphatic rings. The van der Waals surface area contributed by atoms with Crippen molar-refractivity contribution < 1.29 is 46.6 Å². The Balaban J connectivity index is 1.55. The first-order valence-corrected chi connectivity index (χ1v) is 10.9. The van der Waals surface area contributed by atoms with Crippen molar-refractivity contribution in [3.05, 3.63) is 29.8 Å². The molecule has 2 heterocycles. The monoisotopic (exact) mass is 511 g/mol. The number of benzene rings is 1. The Hall–Kier alpha value is -3.90. The van der Waals surface area contributed by atoms with Crippen LogP contribution in [0.1, 0.15) is 25.3 Å². The van der Waals surface area contributed by atoms with E-state index in [0.29, 0.717) is 28.9 Å². The van der Waals surface area contributed by atoms with Gasteiger partial charge in [0.05, 0.1) is 12.0 Å². The Labute approximate surface area is 203 Å². The third kappa shape index (κ3) is 6.20. The lowest BCUT2D eigenvalue weighted by molar-refractivity contribution is -0.181. The number of halogens is 3.